The Morgan fingerprint density at radius 3 is 2.57 bits per heavy atom. The summed E-state index contributed by atoms with van der Waals surface area (Å²) in [7, 11) is 0. The number of aliphatic hydroxyl groups excluding tert-OH is 1. The molecule has 0 aliphatic rings. The van der Waals surface area contributed by atoms with Crippen molar-refractivity contribution in [2.24, 2.45) is 0 Å². The molecule has 0 aliphatic carbocycles. The molecule has 4 nitrogen and oxygen atoms in total. The Morgan fingerprint density at radius 1 is 1.86 bits per heavy atom. The van der Waals surface area contributed by atoms with Crippen molar-refractivity contribution in [2.75, 3.05) is 13.2 Å². The van der Waals surface area contributed by atoms with Gasteiger partial charge in [0.1, 0.15) is 6.09 Å². The van der Waals surface area contributed by atoms with E-state index in [1.807, 2.05) is 5.32 Å². The second-order valence-electron chi connectivity index (χ2n) is 0.938. The van der Waals surface area contributed by atoms with Crippen molar-refractivity contribution in [3.8, 4) is 0 Å². The predicted molar refractivity (Wildman–Crippen MR) is 20.5 cm³/mol. The zero-order valence-corrected chi connectivity index (χ0v) is 3.68. The molecule has 0 aliphatic heterocycles. The quantitative estimate of drug-likeness (QED) is 0.422. The van der Waals surface area contributed by atoms with Crippen LogP contribution >= 0.6 is 0 Å². The highest BCUT2D eigenvalue weighted by atomic mass is 16.4. The summed E-state index contributed by atoms with van der Waals surface area (Å²) >= 11 is 0. The van der Waals surface area contributed by atoms with Gasteiger partial charge in [-0.25, -0.2) is 0 Å². The van der Waals surface area contributed by atoms with E-state index in [-0.39, 0.29) is 13.2 Å². The van der Waals surface area contributed by atoms with Gasteiger partial charge in [0.2, 0.25) is 0 Å². The highest BCUT2D eigenvalue weighted by Crippen LogP contribution is 1.52. The first-order valence-corrected chi connectivity index (χ1v) is 1.83. The van der Waals surface area contributed by atoms with Gasteiger partial charge in [0.25, 0.3) is 0 Å². The van der Waals surface area contributed by atoms with Crippen LogP contribution in [0.15, 0.2) is 0 Å². The lowest BCUT2D eigenvalue weighted by Crippen LogP contribution is -2.37. The van der Waals surface area contributed by atoms with Gasteiger partial charge in [-0.3, -0.25) is 0 Å². The predicted octanol–water partition coefficient (Wildman–Crippen LogP) is -2.09. The third-order valence-electron chi connectivity index (χ3n) is 0.381. The van der Waals surface area contributed by atoms with E-state index in [1.165, 1.54) is 0 Å². The molecule has 0 bridgehead atoms. The Bertz CT molecular complexity index is 63.2. The van der Waals surface area contributed by atoms with Crippen molar-refractivity contribution >= 4 is 6.09 Å². The molecule has 0 aromatic rings. The smallest absolute Gasteiger partial charge is 0.134 e. The minimum absolute atomic E-state index is 0.0440. The first kappa shape index (κ1) is 6.23. The number of nitrogens with one attached hydrogen (secondary N) is 1. The lowest BCUT2D eigenvalue weighted by molar-refractivity contribution is -0.250. The van der Waals surface area contributed by atoms with Crippen molar-refractivity contribution in [1.29, 1.82) is 0 Å². The molecule has 7 heavy (non-hydrogen) atoms. The van der Waals surface area contributed by atoms with Crippen molar-refractivity contribution < 1.29 is 15.0 Å². The third kappa shape index (κ3) is 5.23. The number of carbonyl (C=O) groups is 1. The molecule has 0 atom stereocenters. The molecular weight excluding hydrogens is 98.0 g/mol. The fourth-order valence-corrected chi connectivity index (χ4v) is 0.158. The Balaban J connectivity index is 2.82. The summed E-state index contributed by atoms with van der Waals surface area (Å²) in [6.45, 7) is -0.143. The fourth-order valence-electron chi connectivity index (χ4n) is 0.158. The SMILES string of the molecule is O=C([O-])NCCO. The minimum atomic E-state index is -1.35. The van der Waals surface area contributed by atoms with Crippen LogP contribution < -0.4 is 10.4 Å². The largest absolute Gasteiger partial charge is 0.530 e. The number of amides is 1. The van der Waals surface area contributed by atoms with Gasteiger partial charge in [-0.05, 0) is 0 Å². The first-order chi connectivity index (χ1) is 3.27. The van der Waals surface area contributed by atoms with Gasteiger partial charge < -0.3 is 20.3 Å². The monoisotopic (exact) mass is 104 g/mol. The zero-order valence-electron chi connectivity index (χ0n) is 3.68. The summed E-state index contributed by atoms with van der Waals surface area (Å²) in [4.78, 5) is 9.42. The van der Waals surface area contributed by atoms with E-state index < -0.39 is 6.09 Å². The summed E-state index contributed by atoms with van der Waals surface area (Å²) in [5.41, 5.74) is 0. The maximum Gasteiger partial charge on any atom is 0.134 e. The Morgan fingerprint density at radius 2 is 2.43 bits per heavy atom. The molecule has 2 N–H and O–H groups in total. The lowest BCUT2D eigenvalue weighted by Gasteiger charge is -2.00. The van der Waals surface area contributed by atoms with E-state index >= 15 is 0 Å². The molecule has 0 aromatic heterocycles. The summed E-state index contributed by atoms with van der Waals surface area (Å²) in [5.74, 6) is 0. The molecule has 0 unspecified atom stereocenters. The molecular formula is C3H6NO3-. The van der Waals surface area contributed by atoms with Crippen LogP contribution in [0.25, 0.3) is 0 Å². The summed E-state index contributed by atoms with van der Waals surface area (Å²) in [6.07, 6.45) is -1.35. The standard InChI is InChI=1S/C3H7NO3/c5-2-1-4-3(6)7/h4-5H,1-2H2,(H,6,7)/p-1. The van der Waals surface area contributed by atoms with E-state index in [0.29, 0.717) is 0 Å². The van der Waals surface area contributed by atoms with Gasteiger partial charge in [0, 0.05) is 6.54 Å². The molecule has 0 rings (SSSR count). The molecule has 0 aromatic carbocycles. The first-order valence-electron chi connectivity index (χ1n) is 1.83. The topological polar surface area (TPSA) is 72.4 Å². The molecule has 0 heterocycles. The molecule has 0 radical (unpaired) electrons. The van der Waals surface area contributed by atoms with Crippen molar-refractivity contribution in [1.82, 2.24) is 5.32 Å². The average molecular weight is 104 g/mol. The van der Waals surface area contributed by atoms with Crippen LogP contribution in [0.3, 0.4) is 0 Å². The van der Waals surface area contributed by atoms with E-state index in [2.05, 4.69) is 0 Å². The van der Waals surface area contributed by atoms with E-state index in [0.717, 1.165) is 0 Å². The van der Waals surface area contributed by atoms with Crippen LogP contribution in [0.5, 0.6) is 0 Å². The Labute approximate surface area is 40.8 Å². The second kappa shape index (κ2) is 3.42. The van der Waals surface area contributed by atoms with Crippen LogP contribution in [-0.2, 0) is 0 Å². The van der Waals surface area contributed by atoms with E-state index in [1.54, 1.807) is 0 Å². The third-order valence-corrected chi connectivity index (χ3v) is 0.381. The van der Waals surface area contributed by atoms with Gasteiger partial charge in [0.05, 0.1) is 6.61 Å². The molecule has 0 saturated heterocycles. The van der Waals surface area contributed by atoms with Crippen LogP contribution in [0.2, 0.25) is 0 Å². The van der Waals surface area contributed by atoms with Crippen LogP contribution in [0.1, 0.15) is 0 Å². The molecule has 4 heteroatoms. The molecule has 1 amide bonds. The van der Waals surface area contributed by atoms with Gasteiger partial charge in [-0.15, -0.1) is 0 Å². The van der Waals surface area contributed by atoms with Gasteiger partial charge in [0.15, 0.2) is 0 Å². The molecule has 0 fully saturated rings. The number of hydrogen-bond acceptors (Lipinski definition) is 3. The minimum Gasteiger partial charge on any atom is -0.530 e. The van der Waals surface area contributed by atoms with E-state index in [4.69, 9.17) is 5.11 Å². The Hall–Kier alpha value is -0.770. The number of carbonyl (C=O) groups excluding carboxylic acids is 1. The van der Waals surface area contributed by atoms with Gasteiger partial charge >= 0.3 is 0 Å². The maximum absolute atomic E-state index is 9.42. The highest BCUT2D eigenvalue weighted by Gasteiger charge is 1.76. The number of rotatable bonds is 2. The van der Waals surface area contributed by atoms with Crippen LogP contribution in [-0.4, -0.2) is 24.4 Å². The van der Waals surface area contributed by atoms with Crippen molar-refractivity contribution in [3.63, 3.8) is 0 Å². The number of aliphatic hydroxyl groups is 1. The second-order valence-corrected chi connectivity index (χ2v) is 0.938. The van der Waals surface area contributed by atoms with Gasteiger partial charge in [-0.2, -0.15) is 0 Å². The highest BCUT2D eigenvalue weighted by molar-refractivity contribution is 5.61. The average Bonchev–Trinajstić information content (AvgIpc) is 1.61. The maximum atomic E-state index is 9.42. The molecule has 42 valence electrons. The molecule has 0 spiro atoms. The zero-order chi connectivity index (χ0) is 5.70. The van der Waals surface area contributed by atoms with Crippen molar-refractivity contribution in [3.05, 3.63) is 0 Å². The lowest BCUT2D eigenvalue weighted by atomic mass is 10.7. The van der Waals surface area contributed by atoms with E-state index in [9.17, 15) is 9.90 Å². The van der Waals surface area contributed by atoms with Crippen molar-refractivity contribution in [2.45, 2.75) is 0 Å². The number of carboxylic acid groups (broad SMARTS) is 1. The summed E-state index contributed by atoms with van der Waals surface area (Å²) in [5, 5.41) is 19.2. The Kier molecular flexibility index (Phi) is 3.04. The summed E-state index contributed by atoms with van der Waals surface area (Å²) < 4.78 is 0. The van der Waals surface area contributed by atoms with Crippen LogP contribution in [0, 0.1) is 0 Å². The normalized spacial score (nSPS) is 8.14. The van der Waals surface area contributed by atoms with Crippen LogP contribution in [0.4, 0.5) is 4.79 Å². The van der Waals surface area contributed by atoms with Gasteiger partial charge in [-0.1, -0.05) is 0 Å². The fraction of sp³-hybridized carbons (Fsp3) is 0.667. The molecule has 0 saturated carbocycles. The number of hydrogen-bond donors (Lipinski definition) is 2. The summed E-state index contributed by atoms with van der Waals surface area (Å²) in [6, 6.07) is 0.